The van der Waals surface area contributed by atoms with Gasteiger partial charge >= 0.3 is 0 Å². The summed E-state index contributed by atoms with van der Waals surface area (Å²) in [4.78, 5) is 8.58. The van der Waals surface area contributed by atoms with Gasteiger partial charge in [0.1, 0.15) is 0 Å². The van der Waals surface area contributed by atoms with E-state index in [0.29, 0.717) is 6.54 Å². The number of aromatic nitrogens is 1. The molecule has 1 aromatic rings. The minimum Gasteiger partial charge on any atom is -0.381 e. The number of hydrogen-bond donors (Lipinski definition) is 2. The summed E-state index contributed by atoms with van der Waals surface area (Å²) in [6.07, 6.45) is 5.51. The van der Waals surface area contributed by atoms with E-state index in [9.17, 15) is 0 Å². The molecule has 0 aliphatic heterocycles. The molecule has 1 fully saturated rings. The van der Waals surface area contributed by atoms with Crippen molar-refractivity contribution in [2.45, 2.75) is 32.7 Å². The zero-order chi connectivity index (χ0) is 14.9. The number of rotatable bonds is 8. The fraction of sp³-hybridized carbons (Fsp3) is 0.625. The summed E-state index contributed by atoms with van der Waals surface area (Å²) in [5.41, 5.74) is 2.24. The Labute approximate surface area is 127 Å². The number of ether oxygens (including phenoxy) is 1. The van der Waals surface area contributed by atoms with Crippen LogP contribution in [0.25, 0.3) is 0 Å². The maximum atomic E-state index is 5.61. The highest BCUT2D eigenvalue weighted by Crippen LogP contribution is 2.28. The van der Waals surface area contributed by atoms with Crippen molar-refractivity contribution in [3.05, 3.63) is 29.6 Å². The molecule has 2 N–H and O–H groups in total. The highest BCUT2D eigenvalue weighted by atomic mass is 16.5. The molecule has 0 amide bonds. The summed E-state index contributed by atoms with van der Waals surface area (Å²) >= 11 is 0. The summed E-state index contributed by atoms with van der Waals surface area (Å²) in [6.45, 7) is 5.37. The second kappa shape index (κ2) is 8.62. The second-order valence-electron chi connectivity index (χ2n) is 5.49. The van der Waals surface area contributed by atoms with Crippen LogP contribution < -0.4 is 10.6 Å². The van der Waals surface area contributed by atoms with E-state index >= 15 is 0 Å². The van der Waals surface area contributed by atoms with E-state index in [4.69, 9.17) is 4.74 Å². The first-order chi connectivity index (χ1) is 10.3. The van der Waals surface area contributed by atoms with Gasteiger partial charge in [-0.3, -0.25) is 9.98 Å². The van der Waals surface area contributed by atoms with Gasteiger partial charge in [-0.1, -0.05) is 6.07 Å². The Hall–Kier alpha value is -1.62. The molecule has 116 valence electrons. The molecule has 0 unspecified atom stereocenters. The van der Waals surface area contributed by atoms with Crippen molar-refractivity contribution in [2.75, 3.05) is 26.8 Å². The molecule has 2 rings (SSSR count). The van der Waals surface area contributed by atoms with E-state index in [1.165, 1.54) is 18.4 Å². The molecule has 1 aliphatic carbocycles. The van der Waals surface area contributed by atoms with Gasteiger partial charge in [0.05, 0.1) is 12.2 Å². The van der Waals surface area contributed by atoms with Crippen LogP contribution in [0.4, 0.5) is 0 Å². The number of aryl methyl sites for hydroxylation is 1. The first kappa shape index (κ1) is 15.8. The van der Waals surface area contributed by atoms with E-state index in [-0.39, 0.29) is 0 Å². The fourth-order valence-corrected chi connectivity index (χ4v) is 2.01. The third-order valence-electron chi connectivity index (χ3n) is 3.57. The van der Waals surface area contributed by atoms with Gasteiger partial charge in [0.15, 0.2) is 5.96 Å². The van der Waals surface area contributed by atoms with Crippen LogP contribution in [0.1, 0.15) is 30.5 Å². The quantitative estimate of drug-likeness (QED) is 0.436. The normalized spacial score (nSPS) is 15.0. The maximum Gasteiger partial charge on any atom is 0.191 e. The molecule has 1 aliphatic rings. The van der Waals surface area contributed by atoms with Crippen molar-refractivity contribution in [3.63, 3.8) is 0 Å². The Morgan fingerprint density at radius 1 is 1.43 bits per heavy atom. The predicted molar refractivity (Wildman–Crippen MR) is 85.3 cm³/mol. The molecule has 1 saturated carbocycles. The lowest BCUT2D eigenvalue weighted by Gasteiger charge is -2.12. The van der Waals surface area contributed by atoms with Crippen molar-refractivity contribution in [1.29, 1.82) is 0 Å². The van der Waals surface area contributed by atoms with Gasteiger partial charge in [-0.2, -0.15) is 0 Å². The van der Waals surface area contributed by atoms with Crippen molar-refractivity contribution in [2.24, 2.45) is 10.9 Å². The van der Waals surface area contributed by atoms with E-state index < -0.39 is 0 Å². The van der Waals surface area contributed by atoms with Crippen LogP contribution in [0.5, 0.6) is 0 Å². The van der Waals surface area contributed by atoms with Gasteiger partial charge in [0.2, 0.25) is 0 Å². The van der Waals surface area contributed by atoms with Crippen LogP contribution in [0.2, 0.25) is 0 Å². The molecule has 21 heavy (non-hydrogen) atoms. The Morgan fingerprint density at radius 2 is 2.29 bits per heavy atom. The van der Waals surface area contributed by atoms with Crippen LogP contribution in [-0.2, 0) is 11.3 Å². The van der Waals surface area contributed by atoms with E-state index in [0.717, 1.165) is 43.8 Å². The highest BCUT2D eigenvalue weighted by molar-refractivity contribution is 5.79. The molecular weight excluding hydrogens is 264 g/mol. The molecule has 0 bridgehead atoms. The summed E-state index contributed by atoms with van der Waals surface area (Å²) < 4.78 is 5.61. The van der Waals surface area contributed by atoms with E-state index in [1.54, 1.807) is 7.05 Å². The van der Waals surface area contributed by atoms with Crippen molar-refractivity contribution < 1.29 is 4.74 Å². The summed E-state index contributed by atoms with van der Waals surface area (Å²) in [5, 5.41) is 6.58. The van der Waals surface area contributed by atoms with Gasteiger partial charge < -0.3 is 15.4 Å². The molecule has 0 atom stereocenters. The standard InChI is InChI=1S/C16H26N4O/c1-13-5-3-8-18-15(13)11-20-16(17-2)19-9-4-10-21-12-14-6-7-14/h3,5,8,14H,4,6-7,9-12H2,1-2H3,(H2,17,19,20). The number of guanidine groups is 1. The topological polar surface area (TPSA) is 58.5 Å². The van der Waals surface area contributed by atoms with Gasteiger partial charge in [0, 0.05) is 33.0 Å². The summed E-state index contributed by atoms with van der Waals surface area (Å²) in [5.74, 6) is 1.65. The van der Waals surface area contributed by atoms with Gasteiger partial charge in [-0.15, -0.1) is 0 Å². The van der Waals surface area contributed by atoms with Crippen LogP contribution in [0.3, 0.4) is 0 Å². The Balaban J connectivity index is 1.58. The van der Waals surface area contributed by atoms with Crippen LogP contribution in [0, 0.1) is 12.8 Å². The fourth-order valence-electron chi connectivity index (χ4n) is 2.01. The van der Waals surface area contributed by atoms with Gasteiger partial charge in [-0.25, -0.2) is 0 Å². The molecule has 5 nitrogen and oxygen atoms in total. The molecule has 1 aromatic heterocycles. The van der Waals surface area contributed by atoms with Crippen LogP contribution in [0.15, 0.2) is 23.3 Å². The average molecular weight is 290 g/mol. The maximum absolute atomic E-state index is 5.61. The minimum absolute atomic E-state index is 0.685. The van der Waals surface area contributed by atoms with Crippen molar-refractivity contribution >= 4 is 5.96 Å². The summed E-state index contributed by atoms with van der Waals surface area (Å²) in [7, 11) is 1.78. The second-order valence-corrected chi connectivity index (χ2v) is 5.49. The largest absolute Gasteiger partial charge is 0.381 e. The third-order valence-corrected chi connectivity index (χ3v) is 3.57. The lowest BCUT2D eigenvalue weighted by atomic mass is 10.2. The molecule has 1 heterocycles. The van der Waals surface area contributed by atoms with Crippen LogP contribution in [-0.4, -0.2) is 37.7 Å². The van der Waals surface area contributed by atoms with Gasteiger partial charge in [0.25, 0.3) is 0 Å². The first-order valence-electron chi connectivity index (χ1n) is 7.72. The molecule has 0 saturated heterocycles. The lowest BCUT2D eigenvalue weighted by molar-refractivity contribution is 0.123. The number of aliphatic imine (C=N–C) groups is 1. The number of nitrogens with one attached hydrogen (secondary N) is 2. The Morgan fingerprint density at radius 3 is 3.00 bits per heavy atom. The molecule has 0 aromatic carbocycles. The predicted octanol–water partition coefficient (Wildman–Crippen LogP) is 1.87. The SMILES string of the molecule is CN=C(NCCCOCC1CC1)NCc1ncccc1C. The zero-order valence-corrected chi connectivity index (χ0v) is 13.1. The van der Waals surface area contributed by atoms with Gasteiger partial charge in [-0.05, 0) is 43.7 Å². The third kappa shape index (κ3) is 6.12. The van der Waals surface area contributed by atoms with Crippen molar-refractivity contribution in [1.82, 2.24) is 15.6 Å². The first-order valence-corrected chi connectivity index (χ1v) is 7.72. The highest BCUT2D eigenvalue weighted by Gasteiger charge is 2.20. The molecule has 0 radical (unpaired) electrons. The Bertz CT molecular complexity index is 457. The molecular formula is C16H26N4O. The monoisotopic (exact) mass is 290 g/mol. The number of hydrogen-bond acceptors (Lipinski definition) is 3. The zero-order valence-electron chi connectivity index (χ0n) is 13.1. The van der Waals surface area contributed by atoms with E-state index in [2.05, 4.69) is 33.6 Å². The number of pyridine rings is 1. The molecule has 0 spiro atoms. The van der Waals surface area contributed by atoms with Crippen LogP contribution >= 0.6 is 0 Å². The lowest BCUT2D eigenvalue weighted by Crippen LogP contribution is -2.37. The molecule has 5 heteroatoms. The van der Waals surface area contributed by atoms with Crippen molar-refractivity contribution in [3.8, 4) is 0 Å². The van der Waals surface area contributed by atoms with E-state index in [1.807, 2.05) is 12.3 Å². The Kier molecular flexibility index (Phi) is 6.47. The average Bonchev–Trinajstić information content (AvgIpc) is 3.31. The minimum atomic E-state index is 0.685. The number of nitrogens with zero attached hydrogens (tertiary/aromatic N) is 2. The smallest absolute Gasteiger partial charge is 0.191 e. The summed E-state index contributed by atoms with van der Waals surface area (Å²) in [6, 6.07) is 4.02.